The molecule has 0 radical (unpaired) electrons. The second kappa shape index (κ2) is 5.61. The van der Waals surface area contributed by atoms with E-state index in [2.05, 4.69) is 5.32 Å². The molecule has 1 aliphatic rings. The normalized spacial score (nSPS) is 22.2. The molecular formula is C14H16ClNO3. The van der Waals surface area contributed by atoms with Gasteiger partial charge < -0.3 is 10.4 Å². The molecule has 1 amide bonds. The molecule has 1 aromatic rings. The van der Waals surface area contributed by atoms with Crippen LogP contribution in [-0.4, -0.2) is 23.0 Å². The molecule has 0 saturated heterocycles. The Bertz CT molecular complexity index is 515. The number of halogens is 1. The van der Waals surface area contributed by atoms with E-state index in [1.807, 2.05) is 13.0 Å². The fraction of sp³-hybridized carbons (Fsp3) is 0.429. The Hall–Kier alpha value is -1.55. The van der Waals surface area contributed by atoms with Crippen LogP contribution in [-0.2, 0) is 4.79 Å². The highest BCUT2D eigenvalue weighted by atomic mass is 35.5. The SMILES string of the molecule is Cc1cccc(C(=O)NC2CCC(C(=O)O)C2)c1Cl. The van der Waals surface area contributed by atoms with E-state index in [0.717, 1.165) is 5.56 Å². The number of nitrogens with one attached hydrogen (secondary N) is 1. The molecule has 1 fully saturated rings. The Labute approximate surface area is 116 Å². The molecule has 0 aromatic heterocycles. The number of aryl methyl sites for hydroxylation is 1. The van der Waals surface area contributed by atoms with Gasteiger partial charge in [-0.25, -0.2) is 0 Å². The minimum Gasteiger partial charge on any atom is -0.481 e. The molecule has 19 heavy (non-hydrogen) atoms. The molecule has 2 rings (SSSR count). The molecule has 1 saturated carbocycles. The Morgan fingerprint density at radius 1 is 1.37 bits per heavy atom. The van der Waals surface area contributed by atoms with E-state index in [1.165, 1.54) is 0 Å². The minimum absolute atomic E-state index is 0.0785. The summed E-state index contributed by atoms with van der Waals surface area (Å²) in [7, 11) is 0. The number of benzene rings is 1. The fourth-order valence-corrected chi connectivity index (χ4v) is 2.63. The maximum absolute atomic E-state index is 12.1. The van der Waals surface area contributed by atoms with E-state index in [0.29, 0.717) is 29.8 Å². The van der Waals surface area contributed by atoms with Gasteiger partial charge in [-0.2, -0.15) is 0 Å². The van der Waals surface area contributed by atoms with Crippen LogP contribution in [0.3, 0.4) is 0 Å². The third-order valence-corrected chi connectivity index (χ3v) is 4.06. The van der Waals surface area contributed by atoms with Gasteiger partial charge in [0.1, 0.15) is 0 Å². The van der Waals surface area contributed by atoms with Crippen LogP contribution in [0.4, 0.5) is 0 Å². The van der Waals surface area contributed by atoms with Crippen molar-refractivity contribution in [2.24, 2.45) is 5.92 Å². The van der Waals surface area contributed by atoms with Crippen molar-refractivity contribution in [3.63, 3.8) is 0 Å². The van der Waals surface area contributed by atoms with Gasteiger partial charge in [0, 0.05) is 6.04 Å². The molecule has 1 aliphatic carbocycles. The lowest BCUT2D eigenvalue weighted by Gasteiger charge is -2.13. The number of hydrogen-bond acceptors (Lipinski definition) is 2. The lowest BCUT2D eigenvalue weighted by atomic mass is 10.1. The zero-order chi connectivity index (χ0) is 14.0. The molecule has 0 heterocycles. The molecular weight excluding hydrogens is 266 g/mol. The highest BCUT2D eigenvalue weighted by molar-refractivity contribution is 6.34. The number of carboxylic acids is 1. The molecule has 0 aliphatic heterocycles. The van der Waals surface area contributed by atoms with Gasteiger partial charge in [-0.05, 0) is 37.8 Å². The van der Waals surface area contributed by atoms with Crippen LogP contribution in [0, 0.1) is 12.8 Å². The largest absolute Gasteiger partial charge is 0.481 e. The highest BCUT2D eigenvalue weighted by Gasteiger charge is 2.30. The topological polar surface area (TPSA) is 66.4 Å². The predicted molar refractivity (Wildman–Crippen MR) is 72.4 cm³/mol. The standard InChI is InChI=1S/C14H16ClNO3/c1-8-3-2-4-11(12(8)15)13(17)16-10-6-5-9(7-10)14(18)19/h2-4,9-10H,5-7H2,1H3,(H,16,17)(H,18,19). The van der Waals surface area contributed by atoms with Crippen LogP contribution < -0.4 is 5.32 Å². The quantitative estimate of drug-likeness (QED) is 0.895. The van der Waals surface area contributed by atoms with E-state index < -0.39 is 5.97 Å². The van der Waals surface area contributed by atoms with Gasteiger partial charge in [-0.15, -0.1) is 0 Å². The summed E-state index contributed by atoms with van der Waals surface area (Å²) in [5.41, 5.74) is 1.30. The third kappa shape index (κ3) is 3.07. The predicted octanol–water partition coefficient (Wildman–Crippen LogP) is 2.63. The lowest BCUT2D eigenvalue weighted by molar-refractivity contribution is -0.141. The average Bonchev–Trinajstić information content (AvgIpc) is 2.81. The summed E-state index contributed by atoms with van der Waals surface area (Å²) < 4.78 is 0. The number of amides is 1. The minimum atomic E-state index is -0.787. The van der Waals surface area contributed by atoms with Gasteiger partial charge in [-0.3, -0.25) is 9.59 Å². The van der Waals surface area contributed by atoms with Crippen molar-refractivity contribution >= 4 is 23.5 Å². The van der Waals surface area contributed by atoms with Crippen LogP contribution in [0.1, 0.15) is 35.2 Å². The van der Waals surface area contributed by atoms with E-state index in [-0.39, 0.29) is 17.9 Å². The van der Waals surface area contributed by atoms with Gasteiger partial charge in [0.15, 0.2) is 0 Å². The highest BCUT2D eigenvalue weighted by Crippen LogP contribution is 2.27. The molecule has 1 aromatic carbocycles. The van der Waals surface area contributed by atoms with Crippen LogP contribution in [0.15, 0.2) is 18.2 Å². The molecule has 0 spiro atoms. The molecule has 2 atom stereocenters. The van der Waals surface area contributed by atoms with Gasteiger partial charge in [0.25, 0.3) is 5.91 Å². The number of aliphatic carboxylic acids is 1. The Balaban J connectivity index is 2.02. The maximum Gasteiger partial charge on any atom is 0.306 e. The molecule has 0 bridgehead atoms. The molecule has 102 valence electrons. The van der Waals surface area contributed by atoms with Crippen molar-refractivity contribution < 1.29 is 14.7 Å². The summed E-state index contributed by atoms with van der Waals surface area (Å²) in [6, 6.07) is 5.22. The third-order valence-electron chi connectivity index (χ3n) is 3.55. The summed E-state index contributed by atoms with van der Waals surface area (Å²) >= 11 is 6.10. The Kier molecular flexibility index (Phi) is 4.10. The van der Waals surface area contributed by atoms with Crippen molar-refractivity contribution in [1.29, 1.82) is 0 Å². The van der Waals surface area contributed by atoms with Crippen molar-refractivity contribution in [2.75, 3.05) is 0 Å². The summed E-state index contributed by atoms with van der Waals surface area (Å²) in [6.45, 7) is 1.84. The zero-order valence-electron chi connectivity index (χ0n) is 10.6. The number of carbonyl (C=O) groups is 2. The first-order valence-electron chi connectivity index (χ1n) is 6.28. The average molecular weight is 282 g/mol. The number of carbonyl (C=O) groups excluding carboxylic acids is 1. The maximum atomic E-state index is 12.1. The molecule has 2 unspecified atom stereocenters. The van der Waals surface area contributed by atoms with Crippen LogP contribution >= 0.6 is 11.6 Å². The van der Waals surface area contributed by atoms with Crippen molar-refractivity contribution in [2.45, 2.75) is 32.2 Å². The summed E-state index contributed by atoms with van der Waals surface area (Å²) in [5.74, 6) is -1.37. The first-order chi connectivity index (χ1) is 8.99. The Morgan fingerprint density at radius 2 is 2.11 bits per heavy atom. The first kappa shape index (κ1) is 13.9. The number of rotatable bonds is 3. The molecule has 4 nitrogen and oxygen atoms in total. The summed E-state index contributed by atoms with van der Waals surface area (Å²) in [4.78, 5) is 23.0. The fourth-order valence-electron chi connectivity index (χ4n) is 2.42. The van der Waals surface area contributed by atoms with Crippen LogP contribution in [0.2, 0.25) is 5.02 Å². The molecule has 5 heteroatoms. The van der Waals surface area contributed by atoms with E-state index >= 15 is 0 Å². The van der Waals surface area contributed by atoms with Gasteiger partial charge >= 0.3 is 5.97 Å². The van der Waals surface area contributed by atoms with Crippen molar-refractivity contribution in [1.82, 2.24) is 5.32 Å². The smallest absolute Gasteiger partial charge is 0.306 e. The van der Waals surface area contributed by atoms with Crippen LogP contribution in [0.25, 0.3) is 0 Å². The second-order valence-electron chi connectivity index (χ2n) is 4.96. The van der Waals surface area contributed by atoms with Crippen molar-refractivity contribution in [3.8, 4) is 0 Å². The van der Waals surface area contributed by atoms with E-state index in [4.69, 9.17) is 16.7 Å². The van der Waals surface area contributed by atoms with Gasteiger partial charge in [0.05, 0.1) is 16.5 Å². The number of hydrogen-bond donors (Lipinski definition) is 2. The Morgan fingerprint density at radius 3 is 2.74 bits per heavy atom. The van der Waals surface area contributed by atoms with Gasteiger partial charge in [-0.1, -0.05) is 23.7 Å². The van der Waals surface area contributed by atoms with Crippen LogP contribution in [0.5, 0.6) is 0 Å². The second-order valence-corrected chi connectivity index (χ2v) is 5.33. The summed E-state index contributed by atoms with van der Waals surface area (Å²) in [5, 5.41) is 12.2. The first-order valence-corrected chi connectivity index (χ1v) is 6.65. The monoisotopic (exact) mass is 281 g/mol. The summed E-state index contributed by atoms with van der Waals surface area (Å²) in [6.07, 6.45) is 1.80. The molecule has 2 N–H and O–H groups in total. The zero-order valence-corrected chi connectivity index (χ0v) is 11.4. The van der Waals surface area contributed by atoms with Crippen molar-refractivity contribution in [3.05, 3.63) is 34.3 Å². The van der Waals surface area contributed by atoms with E-state index in [9.17, 15) is 9.59 Å². The van der Waals surface area contributed by atoms with E-state index in [1.54, 1.807) is 12.1 Å². The van der Waals surface area contributed by atoms with Gasteiger partial charge in [0.2, 0.25) is 0 Å². The lowest BCUT2D eigenvalue weighted by Crippen LogP contribution is -2.33. The number of carboxylic acid groups (broad SMARTS) is 1.